The molecule has 0 aliphatic heterocycles. The van der Waals surface area contributed by atoms with Gasteiger partial charge in [-0.05, 0) is 43.2 Å². The van der Waals surface area contributed by atoms with Crippen molar-refractivity contribution in [1.82, 2.24) is 9.78 Å². The van der Waals surface area contributed by atoms with Crippen LogP contribution in [-0.2, 0) is 0 Å². The largest absolute Gasteiger partial charge is 0.497 e. The minimum absolute atomic E-state index is 0.691. The van der Waals surface area contributed by atoms with Crippen molar-refractivity contribution in [2.75, 3.05) is 7.11 Å². The summed E-state index contributed by atoms with van der Waals surface area (Å²) in [6.07, 6.45) is 2.55. The molecule has 17 heavy (non-hydrogen) atoms. The summed E-state index contributed by atoms with van der Waals surface area (Å²) < 4.78 is 7.92. The number of hydrogen-bond acceptors (Lipinski definition) is 2. The Morgan fingerprint density at radius 2 is 2.00 bits per heavy atom. The van der Waals surface area contributed by atoms with Crippen molar-refractivity contribution < 1.29 is 4.74 Å². The minimum atomic E-state index is 0.691. The first kappa shape index (κ1) is 10.6. The summed E-state index contributed by atoms with van der Waals surface area (Å²) in [6.45, 7) is 0. The summed E-state index contributed by atoms with van der Waals surface area (Å²) in [4.78, 5) is 0. The molecule has 0 unspecified atom stereocenters. The van der Waals surface area contributed by atoms with Gasteiger partial charge in [0.15, 0.2) is 0 Å². The Labute approximate surface area is 105 Å². The lowest BCUT2D eigenvalue weighted by atomic mass is 10.3. The van der Waals surface area contributed by atoms with Crippen LogP contribution in [0.3, 0.4) is 0 Å². The second-order valence-electron chi connectivity index (χ2n) is 4.36. The Kier molecular flexibility index (Phi) is 2.52. The Bertz CT molecular complexity index is 578. The third-order valence-electron chi connectivity index (χ3n) is 3.09. The van der Waals surface area contributed by atoms with Crippen LogP contribution in [0.5, 0.6) is 5.75 Å². The van der Waals surface area contributed by atoms with Crippen molar-refractivity contribution in [2.24, 2.45) is 0 Å². The van der Waals surface area contributed by atoms with Crippen LogP contribution in [0.4, 0.5) is 0 Å². The van der Waals surface area contributed by atoms with E-state index in [2.05, 4.69) is 11.2 Å². The van der Waals surface area contributed by atoms with Gasteiger partial charge in [0.1, 0.15) is 10.4 Å². The number of hydrogen-bond donors (Lipinski definition) is 1. The average molecular weight is 246 g/mol. The van der Waals surface area contributed by atoms with E-state index in [1.807, 2.05) is 28.9 Å². The number of aromatic nitrogens is 2. The first-order valence-electron chi connectivity index (χ1n) is 5.74. The van der Waals surface area contributed by atoms with Gasteiger partial charge in [-0.15, -0.1) is 0 Å². The maximum atomic E-state index is 5.36. The highest BCUT2D eigenvalue weighted by Crippen LogP contribution is 2.39. The maximum Gasteiger partial charge on any atom is 0.127 e. The van der Waals surface area contributed by atoms with Gasteiger partial charge in [0.2, 0.25) is 0 Å². The normalized spacial score (nSPS) is 14.9. The second kappa shape index (κ2) is 4.04. The zero-order valence-electron chi connectivity index (χ0n) is 9.64. The van der Waals surface area contributed by atoms with Gasteiger partial charge < -0.3 is 4.74 Å². The third-order valence-corrected chi connectivity index (χ3v) is 3.39. The summed E-state index contributed by atoms with van der Waals surface area (Å²) in [6, 6.07) is 9.95. The van der Waals surface area contributed by atoms with E-state index < -0.39 is 0 Å². The molecule has 1 N–H and O–H groups in total. The monoisotopic (exact) mass is 246 g/mol. The van der Waals surface area contributed by atoms with Gasteiger partial charge in [0.05, 0.1) is 12.8 Å². The van der Waals surface area contributed by atoms with Crippen LogP contribution in [0.2, 0.25) is 0 Å². The Hall–Kier alpha value is -1.55. The molecule has 1 aromatic heterocycles. The first-order chi connectivity index (χ1) is 8.28. The van der Waals surface area contributed by atoms with Gasteiger partial charge in [-0.2, -0.15) is 0 Å². The van der Waals surface area contributed by atoms with Crippen LogP contribution >= 0.6 is 12.2 Å². The van der Waals surface area contributed by atoms with E-state index in [9.17, 15) is 0 Å². The van der Waals surface area contributed by atoms with Crippen molar-refractivity contribution in [3.8, 4) is 11.4 Å². The molecule has 0 bridgehead atoms. The number of aromatic amines is 1. The smallest absolute Gasteiger partial charge is 0.127 e. The SMILES string of the molecule is COc1ccc(-n2[nH]c(C3CC3)cc2=S)cc1. The van der Waals surface area contributed by atoms with Gasteiger partial charge >= 0.3 is 0 Å². The molecule has 0 spiro atoms. The van der Waals surface area contributed by atoms with Crippen LogP contribution in [0.25, 0.3) is 5.69 Å². The van der Waals surface area contributed by atoms with Crippen LogP contribution < -0.4 is 4.74 Å². The number of nitrogens with one attached hydrogen (secondary N) is 1. The molecule has 3 nitrogen and oxygen atoms in total. The summed E-state index contributed by atoms with van der Waals surface area (Å²) in [5.41, 5.74) is 2.30. The molecular formula is C13H14N2OS. The fraction of sp³-hybridized carbons (Fsp3) is 0.308. The van der Waals surface area contributed by atoms with E-state index >= 15 is 0 Å². The van der Waals surface area contributed by atoms with Gasteiger partial charge in [-0.25, -0.2) is 4.68 Å². The third kappa shape index (κ3) is 2.00. The fourth-order valence-corrected chi connectivity index (χ4v) is 2.22. The summed E-state index contributed by atoms with van der Waals surface area (Å²) >= 11 is 5.36. The highest BCUT2D eigenvalue weighted by molar-refractivity contribution is 7.71. The van der Waals surface area contributed by atoms with Crippen molar-refractivity contribution in [2.45, 2.75) is 18.8 Å². The molecule has 88 valence electrons. The molecule has 0 atom stereocenters. The molecule has 0 saturated heterocycles. The van der Waals surface area contributed by atoms with Crippen LogP contribution in [0, 0.1) is 4.64 Å². The van der Waals surface area contributed by atoms with Crippen LogP contribution in [0.1, 0.15) is 24.5 Å². The van der Waals surface area contributed by atoms with Crippen molar-refractivity contribution in [3.05, 3.63) is 40.7 Å². The van der Waals surface area contributed by atoms with Gasteiger partial charge in [0, 0.05) is 11.6 Å². The topological polar surface area (TPSA) is 29.9 Å². The van der Waals surface area contributed by atoms with Crippen molar-refractivity contribution in [1.29, 1.82) is 0 Å². The number of benzene rings is 1. The lowest BCUT2D eigenvalue weighted by Crippen LogP contribution is -1.97. The second-order valence-corrected chi connectivity index (χ2v) is 4.78. The van der Waals surface area contributed by atoms with Crippen molar-refractivity contribution >= 4 is 12.2 Å². The molecule has 1 aromatic carbocycles. The first-order valence-corrected chi connectivity index (χ1v) is 6.15. The minimum Gasteiger partial charge on any atom is -0.497 e. The van der Waals surface area contributed by atoms with Gasteiger partial charge in [0.25, 0.3) is 0 Å². The molecule has 4 heteroatoms. The summed E-state index contributed by atoms with van der Waals surface area (Å²) in [5, 5.41) is 3.37. The molecule has 0 amide bonds. The standard InChI is InChI=1S/C13H14N2OS/c1-16-11-6-4-10(5-7-11)15-13(17)8-12(14-15)9-2-3-9/h4-9,14H,2-3H2,1H3. The average Bonchev–Trinajstić information content (AvgIpc) is 3.13. The number of ether oxygens (including phenoxy) is 1. The highest BCUT2D eigenvalue weighted by atomic mass is 32.1. The number of methoxy groups -OCH3 is 1. The zero-order chi connectivity index (χ0) is 11.8. The van der Waals surface area contributed by atoms with E-state index in [1.54, 1.807) is 7.11 Å². The molecular weight excluding hydrogens is 232 g/mol. The predicted octanol–water partition coefficient (Wildman–Crippen LogP) is 3.42. The Balaban J connectivity index is 1.98. The highest BCUT2D eigenvalue weighted by Gasteiger charge is 2.25. The molecule has 1 saturated carbocycles. The Morgan fingerprint density at radius 3 is 2.59 bits per heavy atom. The lowest BCUT2D eigenvalue weighted by Gasteiger charge is -2.04. The number of nitrogens with zero attached hydrogens (tertiary/aromatic N) is 1. The predicted molar refractivity (Wildman–Crippen MR) is 69.5 cm³/mol. The van der Waals surface area contributed by atoms with E-state index in [4.69, 9.17) is 17.0 Å². The van der Waals surface area contributed by atoms with E-state index in [0.29, 0.717) is 5.92 Å². The van der Waals surface area contributed by atoms with E-state index in [0.717, 1.165) is 16.1 Å². The molecule has 1 aliphatic rings. The molecule has 0 radical (unpaired) electrons. The van der Waals surface area contributed by atoms with Gasteiger partial charge in [-0.1, -0.05) is 12.2 Å². The molecule has 1 heterocycles. The zero-order valence-corrected chi connectivity index (χ0v) is 10.5. The number of H-pyrrole nitrogens is 1. The fourth-order valence-electron chi connectivity index (χ4n) is 1.94. The molecule has 1 fully saturated rings. The van der Waals surface area contributed by atoms with Gasteiger partial charge in [-0.3, -0.25) is 5.10 Å². The number of rotatable bonds is 3. The van der Waals surface area contributed by atoms with Crippen molar-refractivity contribution in [3.63, 3.8) is 0 Å². The van der Waals surface area contributed by atoms with Crippen LogP contribution in [-0.4, -0.2) is 16.9 Å². The quantitative estimate of drug-likeness (QED) is 0.841. The molecule has 1 aliphatic carbocycles. The summed E-state index contributed by atoms with van der Waals surface area (Å²) in [7, 11) is 1.67. The van der Waals surface area contributed by atoms with E-state index in [1.165, 1.54) is 18.5 Å². The Morgan fingerprint density at radius 1 is 1.29 bits per heavy atom. The lowest BCUT2D eigenvalue weighted by molar-refractivity contribution is 0.414. The summed E-state index contributed by atoms with van der Waals surface area (Å²) in [5.74, 6) is 1.55. The molecule has 3 rings (SSSR count). The maximum absolute atomic E-state index is 5.36. The molecule has 2 aromatic rings. The van der Waals surface area contributed by atoms with Crippen LogP contribution in [0.15, 0.2) is 30.3 Å². The van der Waals surface area contributed by atoms with E-state index in [-0.39, 0.29) is 0 Å².